The Kier molecular flexibility index (Phi) is 7.54. The molecule has 28 heavy (non-hydrogen) atoms. The monoisotopic (exact) mass is 521 g/mol. The molecule has 0 N–H and O–H groups in total. The molecule has 0 amide bonds. The summed E-state index contributed by atoms with van der Waals surface area (Å²) >= 11 is 13.1. The average molecular weight is 524 g/mol. The van der Waals surface area contributed by atoms with Gasteiger partial charge in [-0.3, -0.25) is 4.99 Å². The molecule has 0 bridgehead atoms. The van der Waals surface area contributed by atoms with Crippen LogP contribution in [0.25, 0.3) is 0 Å². The number of hydrogen-bond acceptors (Lipinski definition) is 3. The lowest BCUT2D eigenvalue weighted by Crippen LogP contribution is -1.99. The molecular formula is C22H18Br2ClNO2. The number of benzene rings is 3. The van der Waals surface area contributed by atoms with E-state index in [0.29, 0.717) is 18.2 Å². The van der Waals surface area contributed by atoms with Gasteiger partial charge in [-0.2, -0.15) is 0 Å². The zero-order valence-electron chi connectivity index (χ0n) is 15.2. The molecule has 0 aromatic heterocycles. The molecule has 0 atom stereocenters. The third-order valence-electron chi connectivity index (χ3n) is 3.83. The normalized spacial score (nSPS) is 11.0. The van der Waals surface area contributed by atoms with Gasteiger partial charge in [0.05, 0.1) is 16.8 Å². The molecule has 0 spiro atoms. The van der Waals surface area contributed by atoms with E-state index in [9.17, 15) is 0 Å². The van der Waals surface area contributed by atoms with Crippen molar-refractivity contribution in [2.24, 2.45) is 4.99 Å². The predicted molar refractivity (Wildman–Crippen MR) is 122 cm³/mol. The maximum atomic E-state index is 6.07. The molecule has 144 valence electrons. The van der Waals surface area contributed by atoms with E-state index in [1.807, 2.05) is 67.6 Å². The van der Waals surface area contributed by atoms with Crippen molar-refractivity contribution in [2.45, 2.75) is 13.5 Å². The second kappa shape index (κ2) is 10.1. The molecule has 3 aromatic carbocycles. The van der Waals surface area contributed by atoms with Gasteiger partial charge in [-0.05, 0) is 76.9 Å². The molecular weight excluding hydrogens is 506 g/mol. The highest BCUT2D eigenvalue weighted by molar-refractivity contribution is 9.11. The third kappa shape index (κ3) is 5.84. The lowest BCUT2D eigenvalue weighted by atomic mass is 10.2. The van der Waals surface area contributed by atoms with Crippen LogP contribution >= 0.6 is 43.5 Å². The minimum atomic E-state index is 0.432. The van der Waals surface area contributed by atoms with E-state index in [-0.39, 0.29) is 0 Å². The van der Waals surface area contributed by atoms with Gasteiger partial charge < -0.3 is 9.47 Å². The van der Waals surface area contributed by atoms with E-state index in [1.165, 1.54) is 0 Å². The highest BCUT2D eigenvalue weighted by atomic mass is 79.9. The summed E-state index contributed by atoms with van der Waals surface area (Å²) in [5.74, 6) is 1.56. The topological polar surface area (TPSA) is 30.8 Å². The van der Waals surface area contributed by atoms with Gasteiger partial charge in [0, 0.05) is 21.3 Å². The van der Waals surface area contributed by atoms with E-state index in [4.69, 9.17) is 21.1 Å². The van der Waals surface area contributed by atoms with Gasteiger partial charge in [-0.25, -0.2) is 0 Å². The molecule has 0 radical (unpaired) electrons. The van der Waals surface area contributed by atoms with E-state index in [1.54, 1.807) is 6.21 Å². The first-order valence-corrected chi connectivity index (χ1v) is 10.6. The number of hydrogen-bond donors (Lipinski definition) is 0. The van der Waals surface area contributed by atoms with Gasteiger partial charge >= 0.3 is 0 Å². The Hall–Kier alpha value is -1.82. The van der Waals surface area contributed by atoms with E-state index in [0.717, 1.165) is 37.3 Å². The second-order valence-electron chi connectivity index (χ2n) is 5.91. The molecule has 0 saturated heterocycles. The summed E-state index contributed by atoms with van der Waals surface area (Å²) in [5, 5.41) is 0.705. The maximum absolute atomic E-state index is 6.07. The fourth-order valence-electron chi connectivity index (χ4n) is 2.50. The maximum Gasteiger partial charge on any atom is 0.142 e. The first-order chi connectivity index (χ1) is 13.5. The summed E-state index contributed by atoms with van der Waals surface area (Å²) in [5.41, 5.74) is 2.74. The third-order valence-corrected chi connectivity index (χ3v) is 5.13. The number of aliphatic imine (C=N–C) groups is 1. The van der Waals surface area contributed by atoms with Gasteiger partial charge in [0.25, 0.3) is 0 Å². The number of halogens is 3. The highest BCUT2D eigenvalue weighted by Gasteiger charge is 2.10. The van der Waals surface area contributed by atoms with Gasteiger partial charge in [0.2, 0.25) is 0 Å². The summed E-state index contributed by atoms with van der Waals surface area (Å²) in [6.45, 7) is 3.03. The van der Waals surface area contributed by atoms with E-state index < -0.39 is 0 Å². The molecule has 0 unspecified atom stereocenters. The van der Waals surface area contributed by atoms with Crippen molar-refractivity contribution in [3.8, 4) is 11.5 Å². The van der Waals surface area contributed by atoms with Crippen LogP contribution in [0.15, 0.2) is 74.6 Å². The van der Waals surface area contributed by atoms with Crippen molar-refractivity contribution in [3.63, 3.8) is 0 Å². The molecule has 0 fully saturated rings. The van der Waals surface area contributed by atoms with Crippen molar-refractivity contribution in [1.82, 2.24) is 0 Å². The van der Waals surface area contributed by atoms with Crippen LogP contribution in [0.1, 0.15) is 18.1 Å². The number of nitrogens with zero attached hydrogens (tertiary/aromatic N) is 1. The van der Waals surface area contributed by atoms with Gasteiger partial charge in [-0.15, -0.1) is 0 Å². The molecule has 3 nitrogen and oxygen atoms in total. The van der Waals surface area contributed by atoms with Crippen molar-refractivity contribution in [2.75, 3.05) is 6.61 Å². The zero-order valence-corrected chi connectivity index (χ0v) is 19.1. The quantitative estimate of drug-likeness (QED) is 0.299. The molecule has 0 aliphatic carbocycles. The van der Waals surface area contributed by atoms with Crippen LogP contribution in [0.2, 0.25) is 5.02 Å². The smallest absolute Gasteiger partial charge is 0.142 e. The van der Waals surface area contributed by atoms with Crippen molar-refractivity contribution < 1.29 is 9.47 Å². The SMILES string of the molecule is CCOc1ccc(N=Cc2cc(Br)cc(Br)c2OCc2ccc(Cl)cc2)cc1. The minimum absolute atomic E-state index is 0.432. The summed E-state index contributed by atoms with van der Waals surface area (Å²) in [4.78, 5) is 4.57. The summed E-state index contributed by atoms with van der Waals surface area (Å²) < 4.78 is 13.3. The molecule has 0 saturated carbocycles. The molecule has 6 heteroatoms. The Morgan fingerprint density at radius 2 is 1.68 bits per heavy atom. The lowest BCUT2D eigenvalue weighted by molar-refractivity contribution is 0.304. The Morgan fingerprint density at radius 3 is 2.36 bits per heavy atom. The van der Waals surface area contributed by atoms with E-state index in [2.05, 4.69) is 36.9 Å². The Bertz CT molecular complexity index is 958. The summed E-state index contributed by atoms with van der Waals surface area (Å²) in [6, 6.07) is 19.2. The summed E-state index contributed by atoms with van der Waals surface area (Å²) in [6.07, 6.45) is 1.79. The van der Waals surface area contributed by atoms with Crippen LogP contribution in [0.5, 0.6) is 11.5 Å². The van der Waals surface area contributed by atoms with Crippen LogP contribution in [0.4, 0.5) is 5.69 Å². The second-order valence-corrected chi connectivity index (χ2v) is 8.11. The van der Waals surface area contributed by atoms with Crippen molar-refractivity contribution >= 4 is 55.4 Å². The van der Waals surface area contributed by atoms with E-state index >= 15 is 0 Å². The number of rotatable bonds is 7. The fraction of sp³-hybridized carbons (Fsp3) is 0.136. The Labute approximate surface area is 186 Å². The minimum Gasteiger partial charge on any atom is -0.494 e. The van der Waals surface area contributed by atoms with Crippen LogP contribution in [0, 0.1) is 0 Å². The van der Waals surface area contributed by atoms with Gasteiger partial charge in [-0.1, -0.05) is 39.7 Å². The van der Waals surface area contributed by atoms with Crippen molar-refractivity contribution in [3.05, 3.63) is 85.8 Å². The average Bonchev–Trinajstić information content (AvgIpc) is 2.68. The first-order valence-electron chi connectivity index (χ1n) is 8.68. The largest absolute Gasteiger partial charge is 0.494 e. The fourth-order valence-corrected chi connectivity index (χ4v) is 4.00. The molecule has 0 aliphatic rings. The van der Waals surface area contributed by atoms with Crippen LogP contribution in [-0.2, 0) is 6.61 Å². The van der Waals surface area contributed by atoms with Crippen LogP contribution < -0.4 is 9.47 Å². The lowest BCUT2D eigenvalue weighted by Gasteiger charge is -2.12. The number of ether oxygens (including phenoxy) is 2. The first kappa shape index (κ1) is 20.9. The molecule has 3 rings (SSSR count). The van der Waals surface area contributed by atoms with Crippen molar-refractivity contribution in [1.29, 1.82) is 0 Å². The Balaban J connectivity index is 1.80. The summed E-state index contributed by atoms with van der Waals surface area (Å²) in [7, 11) is 0. The molecule has 0 aliphatic heterocycles. The van der Waals surface area contributed by atoms with Gasteiger partial charge in [0.1, 0.15) is 18.1 Å². The van der Waals surface area contributed by atoms with Crippen LogP contribution in [0.3, 0.4) is 0 Å². The highest BCUT2D eigenvalue weighted by Crippen LogP contribution is 2.33. The van der Waals surface area contributed by atoms with Gasteiger partial charge in [0.15, 0.2) is 0 Å². The zero-order chi connectivity index (χ0) is 19.9. The standard InChI is InChI=1S/C22H18Br2ClNO2/c1-2-27-20-9-7-19(8-10-20)26-13-16-11-17(23)12-21(24)22(16)28-14-15-3-5-18(25)6-4-15/h3-13H,2,14H2,1H3. The predicted octanol–water partition coefficient (Wildman–Crippen LogP) is 7.59. The Morgan fingerprint density at radius 1 is 0.964 bits per heavy atom. The molecule has 3 aromatic rings. The van der Waals surface area contributed by atoms with Crippen LogP contribution in [-0.4, -0.2) is 12.8 Å². The molecule has 0 heterocycles.